The number of nitrogens with one attached hydrogen (secondary N) is 1. The third kappa shape index (κ3) is 3.12. The number of benzene rings is 1. The number of hydrogen-bond acceptors (Lipinski definition) is 2. The second-order valence-electron chi connectivity index (χ2n) is 3.79. The summed E-state index contributed by atoms with van der Waals surface area (Å²) in [5.74, 6) is 2.94. The van der Waals surface area contributed by atoms with Crippen molar-refractivity contribution in [3.05, 3.63) is 29.8 Å². The summed E-state index contributed by atoms with van der Waals surface area (Å²) < 4.78 is 0. The predicted molar refractivity (Wildman–Crippen MR) is 57.9 cm³/mol. The summed E-state index contributed by atoms with van der Waals surface area (Å²) in [4.78, 5) is 0. The molecule has 2 N–H and O–H groups in total. The first kappa shape index (κ1) is 10.6. The maximum absolute atomic E-state index is 9.08. The average Bonchev–Trinajstić information content (AvgIpc) is 2.17. The number of hydrogen-bond donors (Lipinski definition) is 2. The monoisotopic (exact) mass is 189 g/mol. The van der Waals surface area contributed by atoms with E-state index in [4.69, 9.17) is 11.5 Å². The van der Waals surface area contributed by atoms with Crippen LogP contribution in [0.15, 0.2) is 24.3 Å². The first-order chi connectivity index (χ1) is 6.53. The van der Waals surface area contributed by atoms with Crippen LogP contribution in [0.5, 0.6) is 5.75 Å². The van der Waals surface area contributed by atoms with E-state index < -0.39 is 0 Å². The number of rotatable bonds is 3. The zero-order valence-electron chi connectivity index (χ0n) is 8.54. The molecule has 0 amide bonds. The lowest BCUT2D eigenvalue weighted by atomic mass is 10.1. The summed E-state index contributed by atoms with van der Waals surface area (Å²) >= 11 is 0. The third-order valence-electron chi connectivity index (χ3n) is 2.03. The molecule has 0 saturated carbocycles. The Hall–Kier alpha value is -1.46. The zero-order valence-corrected chi connectivity index (χ0v) is 8.54. The maximum atomic E-state index is 9.08. The molecule has 14 heavy (non-hydrogen) atoms. The van der Waals surface area contributed by atoms with E-state index >= 15 is 0 Å². The molecule has 2 heteroatoms. The van der Waals surface area contributed by atoms with Gasteiger partial charge in [-0.3, -0.25) is 5.32 Å². The van der Waals surface area contributed by atoms with Crippen molar-refractivity contribution >= 4 is 0 Å². The SMILES string of the molecule is C#CC(C)(C)NCc1ccc(O)cc1. The molecule has 0 spiro atoms. The minimum absolute atomic E-state index is 0.282. The number of phenols is 1. The smallest absolute Gasteiger partial charge is 0.115 e. The average molecular weight is 189 g/mol. The van der Waals surface area contributed by atoms with Gasteiger partial charge < -0.3 is 5.11 Å². The molecule has 0 saturated heterocycles. The molecule has 0 aromatic heterocycles. The van der Waals surface area contributed by atoms with Crippen molar-refractivity contribution in [3.8, 4) is 18.1 Å². The Labute approximate surface area is 85.0 Å². The molecular weight excluding hydrogens is 174 g/mol. The van der Waals surface area contributed by atoms with Gasteiger partial charge in [-0.05, 0) is 31.5 Å². The Kier molecular flexibility index (Phi) is 3.16. The minimum atomic E-state index is -0.294. The van der Waals surface area contributed by atoms with Crippen LogP contribution in [0, 0.1) is 12.3 Å². The Morgan fingerprint density at radius 3 is 2.43 bits per heavy atom. The van der Waals surface area contributed by atoms with Gasteiger partial charge in [0.05, 0.1) is 5.54 Å². The molecule has 0 aliphatic carbocycles. The van der Waals surface area contributed by atoms with Crippen LogP contribution in [-0.2, 0) is 6.54 Å². The van der Waals surface area contributed by atoms with Gasteiger partial charge >= 0.3 is 0 Å². The maximum Gasteiger partial charge on any atom is 0.115 e. The highest BCUT2D eigenvalue weighted by atomic mass is 16.3. The topological polar surface area (TPSA) is 32.3 Å². The second kappa shape index (κ2) is 4.17. The van der Waals surface area contributed by atoms with Gasteiger partial charge in [0, 0.05) is 6.54 Å². The normalized spacial score (nSPS) is 10.9. The van der Waals surface area contributed by atoms with E-state index in [1.54, 1.807) is 12.1 Å². The van der Waals surface area contributed by atoms with Crippen LogP contribution in [-0.4, -0.2) is 10.6 Å². The lowest BCUT2D eigenvalue weighted by Gasteiger charge is -2.19. The van der Waals surface area contributed by atoms with Crippen molar-refractivity contribution in [2.24, 2.45) is 0 Å². The summed E-state index contributed by atoms with van der Waals surface area (Å²) in [7, 11) is 0. The van der Waals surface area contributed by atoms with Crippen LogP contribution < -0.4 is 5.32 Å². The fraction of sp³-hybridized carbons (Fsp3) is 0.333. The van der Waals surface area contributed by atoms with E-state index in [0.717, 1.165) is 5.56 Å². The first-order valence-corrected chi connectivity index (χ1v) is 4.54. The van der Waals surface area contributed by atoms with Gasteiger partial charge in [-0.1, -0.05) is 18.1 Å². The van der Waals surface area contributed by atoms with E-state index in [0.29, 0.717) is 6.54 Å². The summed E-state index contributed by atoms with van der Waals surface area (Å²) in [6.07, 6.45) is 5.34. The highest BCUT2D eigenvalue weighted by Crippen LogP contribution is 2.10. The molecule has 0 heterocycles. The van der Waals surface area contributed by atoms with Gasteiger partial charge in [-0.25, -0.2) is 0 Å². The standard InChI is InChI=1S/C12H15NO/c1-4-12(2,3)13-9-10-5-7-11(14)8-6-10/h1,5-8,13-14H,9H2,2-3H3. The van der Waals surface area contributed by atoms with Crippen LogP contribution in [0.2, 0.25) is 0 Å². The highest BCUT2D eigenvalue weighted by molar-refractivity contribution is 5.26. The van der Waals surface area contributed by atoms with Gasteiger partial charge in [0.15, 0.2) is 0 Å². The van der Waals surface area contributed by atoms with Crippen LogP contribution >= 0.6 is 0 Å². The lowest BCUT2D eigenvalue weighted by molar-refractivity contribution is 0.473. The molecule has 2 nitrogen and oxygen atoms in total. The van der Waals surface area contributed by atoms with Crippen LogP contribution in [0.4, 0.5) is 0 Å². The lowest BCUT2D eigenvalue weighted by Crippen LogP contribution is -2.36. The van der Waals surface area contributed by atoms with Gasteiger partial charge in [-0.2, -0.15) is 0 Å². The molecule has 0 fully saturated rings. The zero-order chi connectivity index (χ0) is 10.6. The van der Waals surface area contributed by atoms with Crippen molar-refractivity contribution in [2.45, 2.75) is 25.9 Å². The molecule has 0 aliphatic heterocycles. The number of phenolic OH excluding ortho intramolecular Hbond substituents is 1. The Morgan fingerprint density at radius 2 is 1.93 bits per heavy atom. The molecule has 1 aromatic rings. The van der Waals surface area contributed by atoms with Crippen molar-refractivity contribution in [2.75, 3.05) is 0 Å². The van der Waals surface area contributed by atoms with Crippen molar-refractivity contribution < 1.29 is 5.11 Å². The van der Waals surface area contributed by atoms with Gasteiger partial charge in [0.25, 0.3) is 0 Å². The molecule has 0 aliphatic rings. The fourth-order valence-corrected chi connectivity index (χ4v) is 0.988. The van der Waals surface area contributed by atoms with E-state index in [2.05, 4.69) is 11.2 Å². The van der Waals surface area contributed by atoms with Crippen LogP contribution in [0.1, 0.15) is 19.4 Å². The van der Waals surface area contributed by atoms with Crippen molar-refractivity contribution in [1.29, 1.82) is 0 Å². The molecule has 1 rings (SSSR count). The summed E-state index contributed by atoms with van der Waals surface area (Å²) in [5.41, 5.74) is 0.809. The van der Waals surface area contributed by atoms with Gasteiger partial charge in [0.2, 0.25) is 0 Å². The predicted octanol–water partition coefficient (Wildman–Crippen LogP) is 1.89. The Morgan fingerprint density at radius 1 is 1.36 bits per heavy atom. The largest absolute Gasteiger partial charge is 0.508 e. The molecule has 0 radical (unpaired) electrons. The number of terminal acetylenes is 1. The fourth-order valence-electron chi connectivity index (χ4n) is 0.988. The first-order valence-electron chi connectivity index (χ1n) is 4.54. The Bertz CT molecular complexity index is 332. The Balaban J connectivity index is 2.55. The van der Waals surface area contributed by atoms with E-state index in [9.17, 15) is 0 Å². The van der Waals surface area contributed by atoms with E-state index in [1.165, 1.54) is 0 Å². The molecule has 74 valence electrons. The summed E-state index contributed by atoms with van der Waals surface area (Å²) in [6, 6.07) is 7.07. The quantitative estimate of drug-likeness (QED) is 0.712. The third-order valence-corrected chi connectivity index (χ3v) is 2.03. The molecule has 0 unspecified atom stereocenters. The van der Waals surface area contributed by atoms with Gasteiger partial charge in [0.1, 0.15) is 5.75 Å². The molecular formula is C12H15NO. The van der Waals surface area contributed by atoms with E-state index in [-0.39, 0.29) is 11.3 Å². The second-order valence-corrected chi connectivity index (χ2v) is 3.79. The minimum Gasteiger partial charge on any atom is -0.508 e. The van der Waals surface area contributed by atoms with Crippen LogP contribution in [0.25, 0.3) is 0 Å². The number of aromatic hydroxyl groups is 1. The molecule has 0 atom stereocenters. The van der Waals surface area contributed by atoms with Crippen LogP contribution in [0.3, 0.4) is 0 Å². The van der Waals surface area contributed by atoms with Crippen molar-refractivity contribution in [3.63, 3.8) is 0 Å². The summed E-state index contributed by atoms with van der Waals surface area (Å²) in [6.45, 7) is 4.61. The summed E-state index contributed by atoms with van der Waals surface area (Å²) in [5, 5.41) is 12.3. The molecule has 1 aromatic carbocycles. The van der Waals surface area contributed by atoms with Gasteiger partial charge in [-0.15, -0.1) is 6.42 Å². The van der Waals surface area contributed by atoms with E-state index in [1.807, 2.05) is 26.0 Å². The highest BCUT2D eigenvalue weighted by Gasteiger charge is 2.11. The van der Waals surface area contributed by atoms with Crippen molar-refractivity contribution in [1.82, 2.24) is 5.32 Å². The molecule has 0 bridgehead atoms.